The second kappa shape index (κ2) is 7.57. The lowest BCUT2D eigenvalue weighted by molar-refractivity contribution is 0.579. The van der Waals surface area contributed by atoms with E-state index in [4.69, 9.17) is 4.98 Å². The first kappa shape index (κ1) is 16.0. The van der Waals surface area contributed by atoms with Gasteiger partial charge in [-0.15, -0.1) is 11.3 Å². The monoisotopic (exact) mass is 303 g/mol. The van der Waals surface area contributed by atoms with Gasteiger partial charge in [-0.2, -0.15) is 0 Å². The molecule has 114 valence electrons. The predicted octanol–water partition coefficient (Wildman–Crippen LogP) is 4.06. The molecule has 0 spiro atoms. The van der Waals surface area contributed by atoms with Crippen molar-refractivity contribution in [1.82, 2.24) is 10.3 Å². The number of hydrogen-bond acceptors (Lipinski definition) is 4. The maximum Gasteiger partial charge on any atom is 0.129 e. The normalized spacial score (nSPS) is 11.3. The standard InChI is InChI=1S/C17H25N3S/c1-13(2)18-11-15-7-5-9-17(19-15)20(14(3)4)12-16-8-6-10-21-16/h5-10,13-14,18H,11-12H2,1-4H3. The van der Waals surface area contributed by atoms with Crippen molar-refractivity contribution in [3.63, 3.8) is 0 Å². The third-order valence-corrected chi connectivity index (χ3v) is 4.17. The molecular formula is C17H25N3S. The van der Waals surface area contributed by atoms with Gasteiger partial charge in [0.2, 0.25) is 0 Å². The number of pyridine rings is 1. The molecule has 2 aromatic heterocycles. The summed E-state index contributed by atoms with van der Waals surface area (Å²) in [5, 5.41) is 5.55. The molecule has 0 aliphatic heterocycles. The molecule has 0 saturated heterocycles. The Hall–Kier alpha value is -1.39. The average molecular weight is 303 g/mol. The first-order chi connectivity index (χ1) is 10.1. The second-order valence-electron chi connectivity index (χ2n) is 5.82. The van der Waals surface area contributed by atoms with Crippen molar-refractivity contribution in [2.75, 3.05) is 4.90 Å². The number of nitrogens with zero attached hydrogens (tertiary/aromatic N) is 2. The summed E-state index contributed by atoms with van der Waals surface area (Å²) in [5.41, 5.74) is 1.10. The maximum atomic E-state index is 4.81. The fraction of sp³-hybridized carbons (Fsp3) is 0.471. The molecule has 0 unspecified atom stereocenters. The van der Waals surface area contributed by atoms with Gasteiger partial charge in [0.25, 0.3) is 0 Å². The molecule has 2 aromatic rings. The molecule has 0 radical (unpaired) electrons. The van der Waals surface area contributed by atoms with Gasteiger partial charge in [0.05, 0.1) is 12.2 Å². The Morgan fingerprint density at radius 1 is 1.14 bits per heavy atom. The van der Waals surface area contributed by atoms with Crippen molar-refractivity contribution in [1.29, 1.82) is 0 Å². The van der Waals surface area contributed by atoms with Gasteiger partial charge in [0.15, 0.2) is 0 Å². The molecule has 1 N–H and O–H groups in total. The van der Waals surface area contributed by atoms with E-state index in [1.54, 1.807) is 11.3 Å². The lowest BCUT2D eigenvalue weighted by Gasteiger charge is -2.27. The summed E-state index contributed by atoms with van der Waals surface area (Å²) in [6.07, 6.45) is 0. The summed E-state index contributed by atoms with van der Waals surface area (Å²) < 4.78 is 0. The molecule has 4 heteroatoms. The zero-order chi connectivity index (χ0) is 15.2. The van der Waals surface area contributed by atoms with Gasteiger partial charge in [-0.25, -0.2) is 4.98 Å². The Morgan fingerprint density at radius 3 is 2.57 bits per heavy atom. The third-order valence-electron chi connectivity index (χ3n) is 3.31. The third kappa shape index (κ3) is 4.83. The van der Waals surface area contributed by atoms with Crippen LogP contribution in [0.3, 0.4) is 0 Å². The molecule has 0 aliphatic rings. The molecule has 21 heavy (non-hydrogen) atoms. The van der Waals surface area contributed by atoms with Gasteiger partial charge in [-0.1, -0.05) is 26.0 Å². The van der Waals surface area contributed by atoms with Gasteiger partial charge in [0.1, 0.15) is 5.82 Å². The lowest BCUT2D eigenvalue weighted by Crippen LogP contribution is -2.31. The Labute approximate surface area is 132 Å². The van der Waals surface area contributed by atoms with E-state index in [-0.39, 0.29) is 0 Å². The van der Waals surface area contributed by atoms with Crippen LogP contribution in [0.4, 0.5) is 5.82 Å². The smallest absolute Gasteiger partial charge is 0.129 e. The van der Waals surface area contributed by atoms with Crippen molar-refractivity contribution in [3.05, 3.63) is 46.3 Å². The highest BCUT2D eigenvalue weighted by atomic mass is 32.1. The highest BCUT2D eigenvalue weighted by molar-refractivity contribution is 7.09. The molecule has 0 atom stereocenters. The SMILES string of the molecule is CC(C)NCc1cccc(N(Cc2cccs2)C(C)C)n1. The largest absolute Gasteiger partial charge is 0.349 e. The molecule has 2 heterocycles. The van der Waals surface area contributed by atoms with E-state index in [9.17, 15) is 0 Å². The summed E-state index contributed by atoms with van der Waals surface area (Å²) in [7, 11) is 0. The number of hydrogen-bond donors (Lipinski definition) is 1. The summed E-state index contributed by atoms with van der Waals surface area (Å²) >= 11 is 1.80. The van der Waals surface area contributed by atoms with Crippen molar-refractivity contribution in [3.8, 4) is 0 Å². The van der Waals surface area contributed by atoms with E-state index >= 15 is 0 Å². The Morgan fingerprint density at radius 2 is 1.95 bits per heavy atom. The van der Waals surface area contributed by atoms with Crippen LogP contribution >= 0.6 is 11.3 Å². The molecule has 0 aliphatic carbocycles. The van der Waals surface area contributed by atoms with E-state index in [0.29, 0.717) is 12.1 Å². The predicted molar refractivity (Wildman–Crippen MR) is 91.9 cm³/mol. The molecule has 0 amide bonds. The van der Waals surface area contributed by atoms with Gasteiger partial charge in [0, 0.05) is 23.5 Å². The summed E-state index contributed by atoms with van der Waals surface area (Å²) in [6, 6.07) is 11.5. The van der Waals surface area contributed by atoms with Crippen LogP contribution in [0.5, 0.6) is 0 Å². The molecular weight excluding hydrogens is 278 g/mol. The first-order valence-electron chi connectivity index (χ1n) is 7.54. The molecule has 0 saturated carbocycles. The number of thiophene rings is 1. The molecule has 0 bridgehead atoms. The minimum Gasteiger partial charge on any atom is -0.349 e. The van der Waals surface area contributed by atoms with Crippen LogP contribution in [0.25, 0.3) is 0 Å². The zero-order valence-electron chi connectivity index (χ0n) is 13.3. The molecule has 0 aromatic carbocycles. The van der Waals surface area contributed by atoms with E-state index in [1.165, 1.54) is 4.88 Å². The van der Waals surface area contributed by atoms with Crippen molar-refractivity contribution in [2.24, 2.45) is 0 Å². The number of anilines is 1. The average Bonchev–Trinajstić information content (AvgIpc) is 2.95. The van der Waals surface area contributed by atoms with Crippen LogP contribution in [-0.2, 0) is 13.1 Å². The zero-order valence-corrected chi connectivity index (χ0v) is 14.2. The fourth-order valence-electron chi connectivity index (χ4n) is 2.13. The molecule has 3 nitrogen and oxygen atoms in total. The van der Waals surface area contributed by atoms with Gasteiger partial charge in [-0.05, 0) is 37.4 Å². The topological polar surface area (TPSA) is 28.2 Å². The number of aromatic nitrogens is 1. The van der Waals surface area contributed by atoms with Crippen LogP contribution in [-0.4, -0.2) is 17.1 Å². The van der Waals surface area contributed by atoms with Gasteiger partial charge >= 0.3 is 0 Å². The lowest BCUT2D eigenvalue weighted by atomic mass is 10.2. The summed E-state index contributed by atoms with van der Waals surface area (Å²) in [6.45, 7) is 10.5. The van der Waals surface area contributed by atoms with E-state index in [2.05, 4.69) is 73.6 Å². The van der Waals surface area contributed by atoms with Gasteiger partial charge < -0.3 is 10.2 Å². The van der Waals surface area contributed by atoms with Crippen molar-refractivity contribution >= 4 is 17.2 Å². The summed E-state index contributed by atoms with van der Waals surface area (Å²) in [5.74, 6) is 1.06. The maximum absolute atomic E-state index is 4.81. The highest BCUT2D eigenvalue weighted by Gasteiger charge is 2.13. The van der Waals surface area contributed by atoms with Crippen molar-refractivity contribution in [2.45, 2.75) is 52.9 Å². The minimum atomic E-state index is 0.424. The summed E-state index contributed by atoms with van der Waals surface area (Å²) in [4.78, 5) is 8.54. The van der Waals surface area contributed by atoms with Crippen LogP contribution in [0, 0.1) is 0 Å². The highest BCUT2D eigenvalue weighted by Crippen LogP contribution is 2.20. The molecule has 2 rings (SSSR count). The fourth-order valence-corrected chi connectivity index (χ4v) is 2.84. The van der Waals surface area contributed by atoms with E-state index < -0.39 is 0 Å². The Kier molecular flexibility index (Phi) is 5.76. The second-order valence-corrected chi connectivity index (χ2v) is 6.86. The van der Waals surface area contributed by atoms with Crippen LogP contribution in [0.1, 0.15) is 38.3 Å². The minimum absolute atomic E-state index is 0.424. The van der Waals surface area contributed by atoms with Gasteiger partial charge in [-0.3, -0.25) is 0 Å². The Balaban J connectivity index is 2.14. The van der Waals surface area contributed by atoms with Crippen LogP contribution in [0.2, 0.25) is 0 Å². The first-order valence-corrected chi connectivity index (χ1v) is 8.42. The quantitative estimate of drug-likeness (QED) is 0.836. The van der Waals surface area contributed by atoms with Crippen molar-refractivity contribution < 1.29 is 0 Å². The number of nitrogens with one attached hydrogen (secondary N) is 1. The Bertz CT molecular complexity index is 535. The van der Waals surface area contributed by atoms with E-state index in [1.807, 2.05) is 0 Å². The van der Waals surface area contributed by atoms with Crippen LogP contribution in [0.15, 0.2) is 35.7 Å². The van der Waals surface area contributed by atoms with E-state index in [0.717, 1.165) is 24.6 Å². The number of rotatable bonds is 7. The molecule has 0 fully saturated rings. The van der Waals surface area contributed by atoms with Crippen LogP contribution < -0.4 is 10.2 Å².